The van der Waals surface area contributed by atoms with Gasteiger partial charge in [0.05, 0.1) is 0 Å². The van der Waals surface area contributed by atoms with Crippen molar-refractivity contribution in [1.29, 1.82) is 0 Å². The van der Waals surface area contributed by atoms with Crippen molar-refractivity contribution in [2.75, 3.05) is 13.6 Å². The van der Waals surface area contributed by atoms with Crippen LogP contribution in [0.3, 0.4) is 0 Å². The van der Waals surface area contributed by atoms with Gasteiger partial charge in [-0.15, -0.1) is 0 Å². The lowest BCUT2D eigenvalue weighted by atomic mass is 10.1. The molecule has 0 aliphatic carbocycles. The molecule has 1 aromatic heterocycles. The van der Waals surface area contributed by atoms with Crippen molar-refractivity contribution in [2.45, 2.75) is 45.3 Å². The Labute approximate surface area is 126 Å². The van der Waals surface area contributed by atoms with Gasteiger partial charge in [-0.25, -0.2) is 4.79 Å². The van der Waals surface area contributed by atoms with Gasteiger partial charge in [0.25, 0.3) is 0 Å². The van der Waals surface area contributed by atoms with E-state index in [-0.39, 0.29) is 5.92 Å². The highest BCUT2D eigenvalue weighted by Gasteiger charge is 2.21. The van der Waals surface area contributed by atoms with Crippen molar-refractivity contribution in [2.24, 2.45) is 5.92 Å². The van der Waals surface area contributed by atoms with Crippen molar-refractivity contribution in [1.82, 2.24) is 9.88 Å². The molecular weight excluding hydrogens is 268 g/mol. The first-order valence-corrected chi connectivity index (χ1v) is 7.42. The number of carboxylic acid groups (broad SMARTS) is 1. The fourth-order valence-corrected chi connectivity index (χ4v) is 2.45. The number of aliphatic carboxylic acids is 1. The molecule has 5 nitrogen and oxygen atoms in total. The zero-order chi connectivity index (χ0) is 15.8. The molecule has 0 spiro atoms. The van der Waals surface area contributed by atoms with Crippen LogP contribution in [0.25, 0.3) is 0 Å². The molecule has 1 fully saturated rings. The Morgan fingerprint density at radius 3 is 2.62 bits per heavy atom. The molecule has 2 unspecified atom stereocenters. The minimum Gasteiger partial charge on any atom is -0.479 e. The molecule has 1 aliphatic rings. The van der Waals surface area contributed by atoms with Crippen LogP contribution in [0.5, 0.6) is 0 Å². The summed E-state index contributed by atoms with van der Waals surface area (Å²) in [6.07, 6.45) is 5.54. The average molecular weight is 294 g/mol. The van der Waals surface area contributed by atoms with E-state index in [0.29, 0.717) is 12.5 Å². The van der Waals surface area contributed by atoms with E-state index in [0.717, 1.165) is 0 Å². The molecule has 118 valence electrons. The SMILES string of the molecule is CC(C)CC(O)C(=O)O.CN1CCCC1c1cccnc1. The molecule has 0 bridgehead atoms. The number of likely N-dealkylation sites (tertiary alicyclic amines) is 1. The highest BCUT2D eigenvalue weighted by atomic mass is 16.4. The fourth-order valence-electron chi connectivity index (χ4n) is 2.45. The maximum Gasteiger partial charge on any atom is 0.332 e. The number of nitrogens with zero attached hydrogens (tertiary/aromatic N) is 2. The highest BCUT2D eigenvalue weighted by Crippen LogP contribution is 2.29. The predicted octanol–water partition coefficient (Wildman–Crippen LogP) is 2.33. The molecule has 5 heteroatoms. The van der Waals surface area contributed by atoms with Crippen LogP contribution in [0.2, 0.25) is 0 Å². The standard InChI is InChI=1S/C10H14N2.C6H12O3/c1-12-7-3-5-10(12)9-4-2-6-11-8-9;1-4(2)3-5(7)6(8)9/h2,4,6,8,10H,3,5,7H2,1H3;4-5,7H,3H2,1-2H3,(H,8,9). The lowest BCUT2D eigenvalue weighted by molar-refractivity contribution is -0.147. The molecule has 1 aromatic rings. The Morgan fingerprint density at radius 1 is 1.52 bits per heavy atom. The quantitative estimate of drug-likeness (QED) is 0.891. The van der Waals surface area contributed by atoms with E-state index in [4.69, 9.17) is 10.2 Å². The third-order valence-corrected chi connectivity index (χ3v) is 3.57. The largest absolute Gasteiger partial charge is 0.479 e. The second-order valence-corrected chi connectivity index (χ2v) is 5.91. The number of carboxylic acids is 1. The first-order valence-electron chi connectivity index (χ1n) is 7.42. The molecule has 1 aliphatic heterocycles. The number of aliphatic hydroxyl groups is 1. The van der Waals surface area contributed by atoms with Crippen molar-refractivity contribution in [3.8, 4) is 0 Å². The molecule has 1 saturated heterocycles. The Bertz CT molecular complexity index is 423. The minimum atomic E-state index is -1.19. The number of rotatable bonds is 4. The van der Waals surface area contributed by atoms with Crippen LogP contribution < -0.4 is 0 Å². The summed E-state index contributed by atoms with van der Waals surface area (Å²) < 4.78 is 0. The molecule has 2 heterocycles. The lowest BCUT2D eigenvalue weighted by Gasteiger charge is -2.18. The summed E-state index contributed by atoms with van der Waals surface area (Å²) in [4.78, 5) is 16.5. The number of carbonyl (C=O) groups is 1. The second-order valence-electron chi connectivity index (χ2n) is 5.91. The summed E-state index contributed by atoms with van der Waals surface area (Å²) in [6, 6.07) is 4.79. The van der Waals surface area contributed by atoms with Crippen molar-refractivity contribution in [3.05, 3.63) is 30.1 Å². The Kier molecular flexibility index (Phi) is 7.32. The first-order chi connectivity index (χ1) is 9.91. The van der Waals surface area contributed by atoms with E-state index >= 15 is 0 Å². The third kappa shape index (κ3) is 6.23. The summed E-state index contributed by atoms with van der Waals surface area (Å²) >= 11 is 0. The highest BCUT2D eigenvalue weighted by molar-refractivity contribution is 5.71. The van der Waals surface area contributed by atoms with Crippen molar-refractivity contribution < 1.29 is 15.0 Å². The summed E-state index contributed by atoms with van der Waals surface area (Å²) in [7, 11) is 2.19. The van der Waals surface area contributed by atoms with Crippen LogP contribution in [0, 0.1) is 5.92 Å². The second kappa shape index (κ2) is 8.74. The zero-order valence-corrected chi connectivity index (χ0v) is 13.1. The maximum absolute atomic E-state index is 9.98. The van der Waals surface area contributed by atoms with E-state index in [9.17, 15) is 4.79 Å². The van der Waals surface area contributed by atoms with Gasteiger partial charge in [0, 0.05) is 18.4 Å². The van der Waals surface area contributed by atoms with Gasteiger partial charge in [-0.3, -0.25) is 9.88 Å². The molecule has 2 rings (SSSR count). The van der Waals surface area contributed by atoms with Crippen molar-refractivity contribution in [3.63, 3.8) is 0 Å². The normalized spacial score (nSPS) is 20.0. The van der Waals surface area contributed by atoms with Gasteiger partial charge in [0.1, 0.15) is 0 Å². The molecule has 0 saturated carbocycles. The maximum atomic E-state index is 9.98. The van der Waals surface area contributed by atoms with Crippen LogP contribution in [0.1, 0.15) is 44.7 Å². The number of aliphatic hydroxyl groups excluding tert-OH is 1. The Balaban J connectivity index is 0.000000222. The first kappa shape index (κ1) is 17.6. The van der Waals surface area contributed by atoms with E-state index in [1.807, 2.05) is 32.3 Å². The summed E-state index contributed by atoms with van der Waals surface area (Å²) in [5.74, 6) is -0.903. The molecular formula is C16H26N2O3. The summed E-state index contributed by atoms with van der Waals surface area (Å²) in [6.45, 7) is 4.96. The summed E-state index contributed by atoms with van der Waals surface area (Å²) in [5.41, 5.74) is 1.36. The van der Waals surface area contributed by atoms with Gasteiger partial charge < -0.3 is 10.2 Å². The van der Waals surface area contributed by atoms with E-state index < -0.39 is 12.1 Å². The van der Waals surface area contributed by atoms with E-state index in [2.05, 4.69) is 23.0 Å². The molecule has 0 amide bonds. The monoisotopic (exact) mass is 294 g/mol. The molecule has 21 heavy (non-hydrogen) atoms. The minimum absolute atomic E-state index is 0.232. The Morgan fingerprint density at radius 2 is 2.24 bits per heavy atom. The third-order valence-electron chi connectivity index (χ3n) is 3.57. The van der Waals surface area contributed by atoms with Crippen LogP contribution in [0.4, 0.5) is 0 Å². The van der Waals surface area contributed by atoms with E-state index in [1.165, 1.54) is 24.9 Å². The van der Waals surface area contributed by atoms with Crippen LogP contribution in [0.15, 0.2) is 24.5 Å². The summed E-state index contributed by atoms with van der Waals surface area (Å²) in [5, 5.41) is 16.9. The number of pyridine rings is 1. The number of hydrogen-bond acceptors (Lipinski definition) is 4. The van der Waals surface area contributed by atoms with E-state index in [1.54, 1.807) is 0 Å². The smallest absolute Gasteiger partial charge is 0.332 e. The Hall–Kier alpha value is -1.46. The van der Waals surface area contributed by atoms with Gasteiger partial charge in [-0.05, 0) is 50.4 Å². The van der Waals surface area contributed by atoms with Gasteiger partial charge in [0.2, 0.25) is 0 Å². The topological polar surface area (TPSA) is 73.7 Å². The fraction of sp³-hybridized carbons (Fsp3) is 0.625. The average Bonchev–Trinajstić information content (AvgIpc) is 2.86. The lowest BCUT2D eigenvalue weighted by Crippen LogP contribution is -2.21. The predicted molar refractivity (Wildman–Crippen MR) is 81.9 cm³/mol. The van der Waals surface area contributed by atoms with Crippen molar-refractivity contribution >= 4 is 5.97 Å². The van der Waals surface area contributed by atoms with Gasteiger partial charge in [-0.2, -0.15) is 0 Å². The van der Waals surface area contributed by atoms with Crippen LogP contribution >= 0.6 is 0 Å². The van der Waals surface area contributed by atoms with Gasteiger partial charge in [0.15, 0.2) is 6.10 Å². The molecule has 2 atom stereocenters. The van der Waals surface area contributed by atoms with Gasteiger partial charge >= 0.3 is 5.97 Å². The molecule has 0 radical (unpaired) electrons. The van der Waals surface area contributed by atoms with Crippen LogP contribution in [-0.4, -0.2) is 45.8 Å². The van der Waals surface area contributed by atoms with Crippen LogP contribution in [-0.2, 0) is 4.79 Å². The number of aromatic nitrogens is 1. The van der Waals surface area contributed by atoms with Gasteiger partial charge in [-0.1, -0.05) is 19.9 Å². The number of hydrogen-bond donors (Lipinski definition) is 2. The zero-order valence-electron chi connectivity index (χ0n) is 13.1. The molecule has 0 aromatic carbocycles. The molecule has 2 N–H and O–H groups in total.